The molecule has 0 bridgehead atoms. The molecule has 0 amide bonds. The van der Waals surface area contributed by atoms with Crippen LogP contribution in [0.5, 0.6) is 0 Å². The molecule has 0 aromatic heterocycles. The maximum Gasteiger partial charge on any atom is 0.0349 e. The van der Waals surface area contributed by atoms with Gasteiger partial charge in [-0.1, -0.05) is 22.0 Å². The van der Waals surface area contributed by atoms with E-state index < -0.39 is 0 Å². The van der Waals surface area contributed by atoms with Crippen molar-refractivity contribution in [2.75, 3.05) is 7.05 Å². The lowest BCUT2D eigenvalue weighted by Gasteiger charge is -2.27. The van der Waals surface area contributed by atoms with Crippen LogP contribution in [0, 0.1) is 31.6 Å². The number of halogens is 1. The van der Waals surface area contributed by atoms with Crippen LogP contribution in [0.2, 0.25) is 0 Å². The average Bonchev–Trinajstić information content (AvgIpc) is 2.94. The molecule has 2 aliphatic rings. The van der Waals surface area contributed by atoms with Crippen LogP contribution >= 0.6 is 15.9 Å². The largest absolute Gasteiger partial charge is 0.313 e. The maximum absolute atomic E-state index is 3.63. The van der Waals surface area contributed by atoms with Gasteiger partial charge >= 0.3 is 0 Å². The van der Waals surface area contributed by atoms with Gasteiger partial charge in [0.1, 0.15) is 0 Å². The smallest absolute Gasteiger partial charge is 0.0349 e. The van der Waals surface area contributed by atoms with Gasteiger partial charge in [0.25, 0.3) is 0 Å². The average molecular weight is 308 g/mol. The highest BCUT2D eigenvalue weighted by atomic mass is 79.9. The Morgan fingerprint density at radius 1 is 1.11 bits per heavy atom. The van der Waals surface area contributed by atoms with Gasteiger partial charge in [-0.3, -0.25) is 0 Å². The number of nitrogens with one attached hydrogen (secondary N) is 1. The predicted octanol–water partition coefficient (Wildman–Crippen LogP) is 4.37. The summed E-state index contributed by atoms with van der Waals surface area (Å²) in [6, 6.07) is 5.18. The first-order valence-corrected chi connectivity index (χ1v) is 7.83. The first-order valence-electron chi connectivity index (χ1n) is 7.04. The fourth-order valence-corrected chi connectivity index (χ4v) is 4.28. The van der Waals surface area contributed by atoms with Gasteiger partial charge in [0.05, 0.1) is 0 Å². The van der Waals surface area contributed by atoms with E-state index in [9.17, 15) is 0 Å². The maximum atomic E-state index is 3.63. The van der Waals surface area contributed by atoms with E-state index in [1.807, 2.05) is 0 Å². The quantitative estimate of drug-likeness (QED) is 0.874. The molecule has 0 saturated heterocycles. The Morgan fingerprint density at radius 3 is 2.39 bits per heavy atom. The van der Waals surface area contributed by atoms with Crippen LogP contribution in [0.4, 0.5) is 0 Å². The zero-order valence-electron chi connectivity index (χ0n) is 11.5. The standard InChI is InChI=1S/C16H22BrN/c1-9-5-15(17)10(2)4-14(9)16(18-3)13-7-11-6-12(11)8-13/h4-5,11-13,16,18H,6-8H2,1-3H3. The molecule has 2 aliphatic carbocycles. The molecular weight excluding hydrogens is 286 g/mol. The Balaban J connectivity index is 1.88. The van der Waals surface area contributed by atoms with Crippen molar-refractivity contribution in [3.05, 3.63) is 33.3 Å². The zero-order valence-corrected chi connectivity index (χ0v) is 13.0. The van der Waals surface area contributed by atoms with Gasteiger partial charge in [0, 0.05) is 10.5 Å². The van der Waals surface area contributed by atoms with Crippen molar-refractivity contribution in [1.82, 2.24) is 5.32 Å². The van der Waals surface area contributed by atoms with Crippen LogP contribution in [0.15, 0.2) is 16.6 Å². The summed E-state index contributed by atoms with van der Waals surface area (Å²) in [6.45, 7) is 4.42. The third-order valence-electron chi connectivity index (χ3n) is 4.94. The second-order valence-corrected chi connectivity index (χ2v) is 7.07. The van der Waals surface area contributed by atoms with E-state index in [2.05, 4.69) is 54.3 Å². The number of hydrogen-bond acceptors (Lipinski definition) is 1. The Kier molecular flexibility index (Phi) is 3.27. The van der Waals surface area contributed by atoms with Gasteiger partial charge in [0.2, 0.25) is 0 Å². The molecular formula is C16H22BrN. The molecule has 2 heteroatoms. The molecule has 1 aromatic carbocycles. The van der Waals surface area contributed by atoms with Crippen molar-refractivity contribution in [2.24, 2.45) is 17.8 Å². The molecule has 98 valence electrons. The Hall–Kier alpha value is -0.340. The number of rotatable bonds is 3. The molecule has 3 unspecified atom stereocenters. The van der Waals surface area contributed by atoms with Gasteiger partial charge in [-0.05, 0) is 80.7 Å². The minimum atomic E-state index is 0.546. The lowest BCUT2D eigenvalue weighted by molar-refractivity contribution is 0.358. The molecule has 2 saturated carbocycles. The van der Waals surface area contributed by atoms with Crippen molar-refractivity contribution >= 4 is 15.9 Å². The Labute approximate surface area is 118 Å². The summed E-state index contributed by atoms with van der Waals surface area (Å²) in [7, 11) is 2.12. The van der Waals surface area contributed by atoms with Crippen molar-refractivity contribution < 1.29 is 0 Å². The molecule has 2 fully saturated rings. The lowest BCUT2D eigenvalue weighted by atomic mass is 9.86. The first kappa shape index (κ1) is 12.7. The van der Waals surface area contributed by atoms with Crippen LogP contribution < -0.4 is 5.32 Å². The second-order valence-electron chi connectivity index (χ2n) is 6.21. The van der Waals surface area contributed by atoms with E-state index in [-0.39, 0.29) is 0 Å². The molecule has 0 aliphatic heterocycles. The molecule has 0 spiro atoms. The molecule has 3 atom stereocenters. The molecule has 1 aromatic rings. The minimum absolute atomic E-state index is 0.546. The third kappa shape index (κ3) is 2.14. The number of aryl methyl sites for hydroxylation is 2. The molecule has 1 N–H and O–H groups in total. The second kappa shape index (κ2) is 4.64. The lowest BCUT2D eigenvalue weighted by Crippen LogP contribution is -2.25. The molecule has 0 heterocycles. The number of benzene rings is 1. The van der Waals surface area contributed by atoms with E-state index in [0.29, 0.717) is 6.04 Å². The highest BCUT2D eigenvalue weighted by Gasteiger charge is 2.47. The van der Waals surface area contributed by atoms with Crippen LogP contribution in [0.25, 0.3) is 0 Å². The van der Waals surface area contributed by atoms with Crippen molar-refractivity contribution in [2.45, 2.75) is 39.2 Å². The van der Waals surface area contributed by atoms with E-state index in [1.165, 1.54) is 40.4 Å². The third-order valence-corrected chi connectivity index (χ3v) is 5.80. The summed E-state index contributed by atoms with van der Waals surface area (Å²) in [5.74, 6) is 2.96. The van der Waals surface area contributed by atoms with Crippen LogP contribution in [-0.4, -0.2) is 7.05 Å². The van der Waals surface area contributed by atoms with Gasteiger partial charge in [0.15, 0.2) is 0 Å². The van der Waals surface area contributed by atoms with Crippen molar-refractivity contribution in [3.63, 3.8) is 0 Å². The summed E-state index contributed by atoms with van der Waals surface area (Å²) < 4.78 is 1.23. The molecule has 3 rings (SSSR count). The monoisotopic (exact) mass is 307 g/mol. The van der Waals surface area contributed by atoms with Crippen LogP contribution in [0.1, 0.15) is 42.0 Å². The normalized spacial score (nSPS) is 31.2. The Bertz CT molecular complexity index is 458. The Morgan fingerprint density at radius 2 is 1.78 bits per heavy atom. The summed E-state index contributed by atoms with van der Waals surface area (Å²) in [5, 5.41) is 3.57. The summed E-state index contributed by atoms with van der Waals surface area (Å²) in [6.07, 6.45) is 4.38. The SMILES string of the molecule is CNC(c1cc(C)c(Br)cc1C)C1CC2CC2C1. The van der Waals surface area contributed by atoms with Gasteiger partial charge in [-0.25, -0.2) is 0 Å². The zero-order chi connectivity index (χ0) is 12.9. The highest BCUT2D eigenvalue weighted by molar-refractivity contribution is 9.10. The van der Waals surface area contributed by atoms with E-state index >= 15 is 0 Å². The van der Waals surface area contributed by atoms with Gasteiger partial charge in [-0.2, -0.15) is 0 Å². The predicted molar refractivity (Wildman–Crippen MR) is 79.7 cm³/mol. The fraction of sp³-hybridized carbons (Fsp3) is 0.625. The van der Waals surface area contributed by atoms with Crippen LogP contribution in [0.3, 0.4) is 0 Å². The van der Waals surface area contributed by atoms with Gasteiger partial charge in [-0.15, -0.1) is 0 Å². The van der Waals surface area contributed by atoms with E-state index in [1.54, 1.807) is 0 Å². The van der Waals surface area contributed by atoms with Gasteiger partial charge < -0.3 is 5.32 Å². The summed E-state index contributed by atoms with van der Waals surface area (Å²) in [4.78, 5) is 0. The summed E-state index contributed by atoms with van der Waals surface area (Å²) in [5.41, 5.74) is 4.26. The number of fused-ring (bicyclic) bond motifs is 1. The van der Waals surface area contributed by atoms with Crippen LogP contribution in [-0.2, 0) is 0 Å². The summed E-state index contributed by atoms with van der Waals surface area (Å²) >= 11 is 3.63. The molecule has 18 heavy (non-hydrogen) atoms. The van der Waals surface area contributed by atoms with Crippen molar-refractivity contribution in [1.29, 1.82) is 0 Å². The molecule has 1 nitrogen and oxygen atoms in total. The number of hydrogen-bond donors (Lipinski definition) is 1. The fourth-order valence-electron chi connectivity index (χ4n) is 3.82. The first-order chi connectivity index (χ1) is 8.60. The van der Waals surface area contributed by atoms with E-state index in [0.717, 1.165) is 17.8 Å². The topological polar surface area (TPSA) is 12.0 Å². The molecule has 0 radical (unpaired) electrons. The minimum Gasteiger partial charge on any atom is -0.313 e. The highest BCUT2D eigenvalue weighted by Crippen LogP contribution is 2.57. The van der Waals surface area contributed by atoms with E-state index in [4.69, 9.17) is 0 Å². The van der Waals surface area contributed by atoms with Crippen molar-refractivity contribution in [3.8, 4) is 0 Å².